The Balaban J connectivity index is 0.741. The summed E-state index contributed by atoms with van der Waals surface area (Å²) in [6.45, 7) is 8.64. The van der Waals surface area contributed by atoms with Gasteiger partial charge in [0, 0.05) is 90.1 Å². The van der Waals surface area contributed by atoms with Crippen molar-refractivity contribution in [3.8, 4) is 5.75 Å². The van der Waals surface area contributed by atoms with Gasteiger partial charge in [-0.2, -0.15) is 0 Å². The molecule has 0 aliphatic carbocycles. The van der Waals surface area contributed by atoms with Gasteiger partial charge in [-0.15, -0.1) is 11.3 Å². The Morgan fingerprint density at radius 3 is 2.57 bits per heavy atom. The Bertz CT molecular complexity index is 2520. The van der Waals surface area contributed by atoms with Crippen LogP contribution in [-0.2, 0) is 43.4 Å². The lowest BCUT2D eigenvalue weighted by Crippen LogP contribution is -2.52. The number of rotatable bonds is 19. The van der Waals surface area contributed by atoms with Crippen molar-refractivity contribution in [1.82, 2.24) is 25.1 Å². The van der Waals surface area contributed by atoms with Crippen LogP contribution < -0.4 is 25.2 Å². The third kappa shape index (κ3) is 10.9. The third-order valence-electron chi connectivity index (χ3n) is 13.4. The molecule has 0 radical (unpaired) electrons. The summed E-state index contributed by atoms with van der Waals surface area (Å²) in [5.74, 6) is 1.15. The van der Waals surface area contributed by atoms with E-state index in [9.17, 15) is 28.8 Å². The molecule has 6 heterocycles. The number of ether oxygens (including phenoxy) is 2. The first-order chi connectivity index (χ1) is 32.4. The van der Waals surface area contributed by atoms with Gasteiger partial charge in [-0.05, 0) is 94.8 Å². The summed E-state index contributed by atoms with van der Waals surface area (Å²) in [4.78, 5) is 96.6. The van der Waals surface area contributed by atoms with Crippen LogP contribution >= 0.6 is 11.3 Å². The standard InChI is InChI=1S/C50H60N8O8S/c1-5-39-50(64)55(3)41-28-51-44(53-47(41)57(39)29-35-15-12-31(2)67-35)27-34-14-13-33(26-43(34)65-4)42(59)25-32-18-20-56(21-19-32)22-24-66-23-7-6-11-45(60)52-38-10-8-9-36-37(38)30-58(49(36)63)40-16-17-46(61)54-48(40)62/h8-10,12-15,26,28,32,39-40H,5-7,11,16-25,27,29-30H2,1-4H3,(H,52,60)(H,54,61,62)/t39-,40?/m1/s1. The Morgan fingerprint density at radius 1 is 1.00 bits per heavy atom. The smallest absolute Gasteiger partial charge is 0.255 e. The van der Waals surface area contributed by atoms with Gasteiger partial charge in [0.25, 0.3) is 5.91 Å². The maximum atomic E-state index is 13.6. The van der Waals surface area contributed by atoms with Crippen molar-refractivity contribution in [3.05, 3.63) is 92.6 Å². The molecule has 0 saturated carbocycles. The number of ketones is 1. The normalized spacial score (nSPS) is 18.8. The summed E-state index contributed by atoms with van der Waals surface area (Å²) in [7, 11) is 3.39. The highest BCUT2D eigenvalue weighted by molar-refractivity contribution is 7.11. The summed E-state index contributed by atoms with van der Waals surface area (Å²) in [5.41, 5.74) is 3.89. The summed E-state index contributed by atoms with van der Waals surface area (Å²) in [6.07, 6.45) is 7.28. The minimum atomic E-state index is -0.714. The number of carbonyl (C=O) groups is 6. The predicted molar refractivity (Wildman–Crippen MR) is 254 cm³/mol. The van der Waals surface area contributed by atoms with Crippen LogP contribution in [0.3, 0.4) is 0 Å². The molecule has 2 N–H and O–H groups in total. The van der Waals surface area contributed by atoms with Crippen molar-refractivity contribution in [1.29, 1.82) is 0 Å². The van der Waals surface area contributed by atoms with Gasteiger partial charge < -0.3 is 34.4 Å². The molecule has 16 nitrogen and oxygen atoms in total. The number of likely N-dealkylation sites (N-methyl/N-ethyl adjacent to an activating group) is 1. The molecule has 2 aromatic carbocycles. The summed E-state index contributed by atoms with van der Waals surface area (Å²) >= 11 is 1.72. The van der Waals surface area contributed by atoms with Crippen LogP contribution in [0.2, 0.25) is 0 Å². The van der Waals surface area contributed by atoms with E-state index in [0.29, 0.717) is 97.4 Å². The Labute approximate surface area is 395 Å². The fourth-order valence-electron chi connectivity index (χ4n) is 9.61. The number of unbranched alkanes of at least 4 members (excludes halogenated alkanes) is 1. The van der Waals surface area contributed by atoms with Crippen LogP contribution in [0.4, 0.5) is 17.2 Å². The van der Waals surface area contributed by atoms with Crippen molar-refractivity contribution in [2.75, 3.05) is 62.1 Å². The zero-order chi connectivity index (χ0) is 47.2. The number of benzene rings is 2. The number of hydrogen-bond acceptors (Lipinski definition) is 13. The van der Waals surface area contributed by atoms with Crippen molar-refractivity contribution in [3.63, 3.8) is 0 Å². The van der Waals surface area contributed by atoms with Crippen molar-refractivity contribution >= 4 is 63.8 Å². The summed E-state index contributed by atoms with van der Waals surface area (Å²) in [6, 6.07) is 14.0. The van der Waals surface area contributed by atoms with Crippen LogP contribution in [0.15, 0.2) is 54.7 Å². The average molecular weight is 933 g/mol. The van der Waals surface area contributed by atoms with Crippen molar-refractivity contribution in [2.45, 2.75) is 103 Å². The van der Waals surface area contributed by atoms with E-state index in [-0.39, 0.29) is 54.8 Å². The number of fused-ring (bicyclic) bond motifs is 2. The highest BCUT2D eigenvalue weighted by atomic mass is 32.1. The van der Waals surface area contributed by atoms with Gasteiger partial charge in [-0.25, -0.2) is 9.97 Å². The third-order valence-corrected chi connectivity index (χ3v) is 14.4. The topological polar surface area (TPSA) is 184 Å². The molecule has 1 unspecified atom stereocenters. The quantitative estimate of drug-likeness (QED) is 0.0629. The van der Waals surface area contributed by atoms with Crippen molar-refractivity contribution < 1.29 is 38.2 Å². The number of thiophene rings is 1. The fourth-order valence-corrected chi connectivity index (χ4v) is 10.5. The average Bonchev–Trinajstić information content (AvgIpc) is 3.90. The van der Waals surface area contributed by atoms with E-state index in [1.807, 2.05) is 25.1 Å². The first kappa shape index (κ1) is 47.5. The van der Waals surface area contributed by atoms with E-state index in [2.05, 4.69) is 44.5 Å². The molecule has 0 spiro atoms. The summed E-state index contributed by atoms with van der Waals surface area (Å²) in [5, 5.41) is 5.26. The zero-order valence-corrected chi connectivity index (χ0v) is 39.6. The van der Waals surface area contributed by atoms with Crippen LogP contribution in [0.25, 0.3) is 0 Å². The lowest BCUT2D eigenvalue weighted by atomic mass is 9.89. The molecule has 17 heteroatoms. The molecule has 2 aromatic heterocycles. The van der Waals surface area contributed by atoms with E-state index >= 15 is 0 Å². The van der Waals surface area contributed by atoms with Gasteiger partial charge >= 0.3 is 0 Å². The van der Waals surface area contributed by atoms with Gasteiger partial charge in [-0.3, -0.25) is 34.1 Å². The molecule has 4 aromatic rings. The van der Waals surface area contributed by atoms with Gasteiger partial charge in [0.2, 0.25) is 23.6 Å². The SMILES string of the molecule is CC[C@@H]1C(=O)N(C)c2cnc(Cc3ccc(C(=O)CC4CCN(CCOCCCCC(=O)Nc5cccc6c5CN(C5CCC(=O)NC5=O)C6=O)CC4)cc3OC)nc2N1Cc1ccc(C)s1. The number of amides is 5. The molecular weight excluding hydrogens is 873 g/mol. The van der Waals surface area contributed by atoms with Crippen molar-refractivity contribution in [2.24, 2.45) is 5.92 Å². The number of Topliss-reactive ketones (excluding diaryl/α,β-unsaturated/α-hetero) is 1. The number of carbonyl (C=O) groups excluding carboxylic acids is 6. The molecule has 354 valence electrons. The molecule has 2 atom stereocenters. The highest BCUT2D eigenvalue weighted by Crippen LogP contribution is 2.37. The number of nitrogens with zero attached hydrogens (tertiary/aromatic N) is 6. The second-order valence-electron chi connectivity index (χ2n) is 17.9. The molecule has 2 fully saturated rings. The molecule has 8 rings (SSSR count). The Kier molecular flexibility index (Phi) is 15.1. The molecule has 4 aliphatic heterocycles. The lowest BCUT2D eigenvalue weighted by Gasteiger charge is -2.40. The van der Waals surface area contributed by atoms with Gasteiger partial charge in [0.15, 0.2) is 11.6 Å². The van der Waals surface area contributed by atoms with Crippen LogP contribution in [0.1, 0.15) is 112 Å². The predicted octanol–water partition coefficient (Wildman–Crippen LogP) is 6.08. The monoisotopic (exact) mass is 932 g/mol. The number of likely N-dealkylation sites (tertiary alicyclic amines) is 1. The largest absolute Gasteiger partial charge is 0.496 e. The zero-order valence-electron chi connectivity index (χ0n) is 38.8. The summed E-state index contributed by atoms with van der Waals surface area (Å²) < 4.78 is 11.7. The molecular formula is C50H60N8O8S. The number of aryl methyl sites for hydroxylation is 1. The van der Waals surface area contributed by atoms with Crippen LogP contribution in [0.5, 0.6) is 5.75 Å². The second kappa shape index (κ2) is 21.3. The van der Waals surface area contributed by atoms with E-state index in [1.165, 1.54) is 14.7 Å². The molecule has 0 bridgehead atoms. The van der Waals surface area contributed by atoms with E-state index in [1.54, 1.807) is 54.8 Å². The number of piperidine rings is 2. The van der Waals surface area contributed by atoms with Gasteiger partial charge in [0.05, 0.1) is 26.5 Å². The van der Waals surface area contributed by atoms with E-state index < -0.39 is 11.9 Å². The Morgan fingerprint density at radius 2 is 1.82 bits per heavy atom. The maximum absolute atomic E-state index is 13.6. The van der Waals surface area contributed by atoms with Gasteiger partial charge in [0.1, 0.15) is 29.3 Å². The minimum absolute atomic E-state index is 0.0306. The van der Waals surface area contributed by atoms with E-state index in [4.69, 9.17) is 14.5 Å². The van der Waals surface area contributed by atoms with Crippen LogP contribution in [0, 0.1) is 12.8 Å². The second-order valence-corrected chi connectivity index (χ2v) is 19.3. The van der Waals surface area contributed by atoms with Crippen LogP contribution in [-0.4, -0.2) is 114 Å². The first-order valence-corrected chi connectivity index (χ1v) is 24.2. The minimum Gasteiger partial charge on any atom is -0.496 e. The van der Waals surface area contributed by atoms with Gasteiger partial charge in [-0.1, -0.05) is 25.1 Å². The lowest BCUT2D eigenvalue weighted by molar-refractivity contribution is -0.137. The fraction of sp³-hybridized carbons (Fsp3) is 0.480. The van der Waals surface area contributed by atoms with E-state index in [0.717, 1.165) is 50.3 Å². The molecule has 67 heavy (non-hydrogen) atoms. The maximum Gasteiger partial charge on any atom is 0.255 e. The molecule has 4 aliphatic rings. The molecule has 2 saturated heterocycles. The number of hydrogen-bond donors (Lipinski definition) is 2. The molecule has 5 amide bonds. The Hall–Kier alpha value is -6.04. The first-order valence-electron chi connectivity index (χ1n) is 23.4. The highest BCUT2D eigenvalue weighted by Gasteiger charge is 2.40. The number of aromatic nitrogens is 2. The number of anilines is 3. The number of nitrogens with one attached hydrogen (secondary N) is 2. The number of methoxy groups -OCH3 is 1. The number of imide groups is 1.